The van der Waals surface area contributed by atoms with Crippen molar-refractivity contribution in [2.75, 3.05) is 23.3 Å². The highest BCUT2D eigenvalue weighted by Crippen LogP contribution is 2.39. The number of hydrogen-bond donors (Lipinski definition) is 1. The Balaban J connectivity index is 2.09. The van der Waals surface area contributed by atoms with Gasteiger partial charge in [-0.3, -0.25) is 0 Å². The number of nitrogens with zero attached hydrogens (tertiary/aromatic N) is 1. The molecule has 3 rings (SSSR count). The van der Waals surface area contributed by atoms with Gasteiger partial charge in [-0.2, -0.15) is 0 Å². The first kappa shape index (κ1) is 8.42. The Morgan fingerprint density at radius 3 is 3.29 bits per heavy atom. The normalized spacial score (nSPS) is 24.1. The number of para-hydroxylation sites is 1. The molecule has 0 bridgehead atoms. The van der Waals surface area contributed by atoms with Crippen LogP contribution in [0.4, 0.5) is 11.4 Å². The van der Waals surface area contributed by atoms with Gasteiger partial charge in [0, 0.05) is 19.1 Å². The fraction of sp³-hybridized carbons (Fsp3) is 0.455. The molecule has 0 amide bonds. The standard InChI is InChI=1S/C11H13ClN2/c12-9-4-1-5-10-11(9)13-7-8-3-2-6-14(8)10/h1,4-5,8,13H,2-3,6-7H2. The summed E-state index contributed by atoms with van der Waals surface area (Å²) in [6.45, 7) is 2.22. The predicted molar refractivity (Wildman–Crippen MR) is 60.3 cm³/mol. The minimum atomic E-state index is 0.681. The summed E-state index contributed by atoms with van der Waals surface area (Å²) in [5, 5.41) is 4.27. The lowest BCUT2D eigenvalue weighted by molar-refractivity contribution is 0.683. The molecule has 1 fully saturated rings. The van der Waals surface area contributed by atoms with Crippen molar-refractivity contribution < 1.29 is 0 Å². The van der Waals surface area contributed by atoms with E-state index in [9.17, 15) is 0 Å². The SMILES string of the molecule is Clc1cccc2c1NCC1CCCN21. The lowest BCUT2D eigenvalue weighted by Crippen LogP contribution is -2.39. The van der Waals surface area contributed by atoms with E-state index < -0.39 is 0 Å². The third kappa shape index (κ3) is 1.10. The van der Waals surface area contributed by atoms with Crippen LogP contribution in [0.25, 0.3) is 0 Å². The summed E-state index contributed by atoms with van der Waals surface area (Å²) in [5.74, 6) is 0. The first-order chi connectivity index (χ1) is 6.86. The number of nitrogens with one attached hydrogen (secondary N) is 1. The first-order valence-electron chi connectivity index (χ1n) is 5.15. The van der Waals surface area contributed by atoms with Crippen molar-refractivity contribution >= 4 is 23.0 Å². The van der Waals surface area contributed by atoms with E-state index in [1.165, 1.54) is 25.1 Å². The fourth-order valence-electron chi connectivity index (χ4n) is 2.51. The van der Waals surface area contributed by atoms with Crippen LogP contribution in [0.5, 0.6) is 0 Å². The molecule has 1 aromatic rings. The van der Waals surface area contributed by atoms with Gasteiger partial charge in [0.25, 0.3) is 0 Å². The molecule has 0 spiro atoms. The highest BCUT2D eigenvalue weighted by Gasteiger charge is 2.30. The van der Waals surface area contributed by atoms with Crippen molar-refractivity contribution in [1.29, 1.82) is 0 Å². The second kappa shape index (κ2) is 3.06. The molecule has 1 aromatic carbocycles. The van der Waals surface area contributed by atoms with Gasteiger partial charge in [-0.1, -0.05) is 17.7 Å². The van der Waals surface area contributed by atoms with Crippen LogP contribution in [-0.2, 0) is 0 Å². The highest BCUT2D eigenvalue weighted by atomic mass is 35.5. The van der Waals surface area contributed by atoms with E-state index in [0.29, 0.717) is 6.04 Å². The van der Waals surface area contributed by atoms with Gasteiger partial charge in [-0.25, -0.2) is 0 Å². The van der Waals surface area contributed by atoms with Crippen molar-refractivity contribution in [2.45, 2.75) is 18.9 Å². The average Bonchev–Trinajstić information content (AvgIpc) is 2.66. The third-order valence-corrected chi connectivity index (χ3v) is 3.51. The summed E-state index contributed by atoms with van der Waals surface area (Å²) < 4.78 is 0. The summed E-state index contributed by atoms with van der Waals surface area (Å²) in [6, 6.07) is 6.82. The number of halogens is 1. The Morgan fingerprint density at radius 2 is 2.36 bits per heavy atom. The minimum Gasteiger partial charge on any atom is -0.380 e. The van der Waals surface area contributed by atoms with E-state index in [1.54, 1.807) is 0 Å². The average molecular weight is 209 g/mol. The maximum Gasteiger partial charge on any atom is 0.0768 e. The van der Waals surface area contributed by atoms with E-state index in [2.05, 4.69) is 16.3 Å². The summed E-state index contributed by atoms with van der Waals surface area (Å²) >= 11 is 6.14. The largest absolute Gasteiger partial charge is 0.380 e. The van der Waals surface area contributed by atoms with Gasteiger partial charge >= 0.3 is 0 Å². The molecule has 1 N–H and O–H groups in total. The van der Waals surface area contributed by atoms with Crippen LogP contribution in [0.3, 0.4) is 0 Å². The number of rotatable bonds is 0. The van der Waals surface area contributed by atoms with Crippen molar-refractivity contribution in [1.82, 2.24) is 0 Å². The summed E-state index contributed by atoms with van der Waals surface area (Å²) in [4.78, 5) is 2.48. The number of hydrogen-bond acceptors (Lipinski definition) is 2. The molecule has 0 aliphatic carbocycles. The van der Waals surface area contributed by atoms with Gasteiger partial charge < -0.3 is 10.2 Å². The van der Waals surface area contributed by atoms with E-state index in [1.807, 2.05) is 12.1 Å². The lowest BCUT2D eigenvalue weighted by atomic mass is 10.1. The second-order valence-electron chi connectivity index (χ2n) is 4.00. The van der Waals surface area contributed by atoms with E-state index in [4.69, 9.17) is 11.6 Å². The van der Waals surface area contributed by atoms with Crippen molar-refractivity contribution in [3.8, 4) is 0 Å². The molecule has 0 saturated carbocycles. The van der Waals surface area contributed by atoms with Crippen LogP contribution < -0.4 is 10.2 Å². The molecule has 2 aliphatic heterocycles. The number of benzene rings is 1. The molecular weight excluding hydrogens is 196 g/mol. The lowest BCUT2D eigenvalue weighted by Gasteiger charge is -2.34. The third-order valence-electron chi connectivity index (χ3n) is 3.19. The molecule has 0 aromatic heterocycles. The van der Waals surface area contributed by atoms with Gasteiger partial charge in [-0.05, 0) is 25.0 Å². The smallest absolute Gasteiger partial charge is 0.0768 e. The van der Waals surface area contributed by atoms with Crippen LogP contribution in [0.15, 0.2) is 18.2 Å². The van der Waals surface area contributed by atoms with E-state index in [0.717, 1.165) is 17.3 Å². The van der Waals surface area contributed by atoms with Crippen LogP contribution in [0, 0.1) is 0 Å². The van der Waals surface area contributed by atoms with Gasteiger partial charge in [0.1, 0.15) is 0 Å². The molecule has 0 radical (unpaired) electrons. The highest BCUT2D eigenvalue weighted by molar-refractivity contribution is 6.34. The van der Waals surface area contributed by atoms with Crippen LogP contribution in [0.2, 0.25) is 5.02 Å². The van der Waals surface area contributed by atoms with E-state index in [-0.39, 0.29) is 0 Å². The van der Waals surface area contributed by atoms with Gasteiger partial charge in [-0.15, -0.1) is 0 Å². The summed E-state index contributed by atoms with van der Waals surface area (Å²) in [7, 11) is 0. The zero-order chi connectivity index (χ0) is 9.54. The quantitative estimate of drug-likeness (QED) is 0.706. The maximum atomic E-state index is 6.14. The Morgan fingerprint density at radius 1 is 1.43 bits per heavy atom. The number of anilines is 2. The Labute approximate surface area is 88.9 Å². The molecular formula is C11H13ClN2. The van der Waals surface area contributed by atoms with Crippen molar-refractivity contribution in [2.24, 2.45) is 0 Å². The molecule has 1 atom stereocenters. The molecule has 2 aliphatic rings. The van der Waals surface area contributed by atoms with Crippen molar-refractivity contribution in [3.63, 3.8) is 0 Å². The van der Waals surface area contributed by atoms with E-state index >= 15 is 0 Å². The van der Waals surface area contributed by atoms with Crippen LogP contribution in [0.1, 0.15) is 12.8 Å². The van der Waals surface area contributed by atoms with Crippen LogP contribution in [-0.4, -0.2) is 19.1 Å². The summed E-state index contributed by atoms with van der Waals surface area (Å²) in [5.41, 5.74) is 2.40. The zero-order valence-corrected chi connectivity index (χ0v) is 8.72. The predicted octanol–water partition coefficient (Wildman–Crippen LogP) is 2.73. The Hall–Kier alpha value is -0.890. The zero-order valence-electron chi connectivity index (χ0n) is 7.96. The molecule has 2 nitrogen and oxygen atoms in total. The summed E-state index contributed by atoms with van der Waals surface area (Å²) in [6.07, 6.45) is 2.61. The molecule has 2 heterocycles. The maximum absolute atomic E-state index is 6.14. The van der Waals surface area contributed by atoms with Crippen molar-refractivity contribution in [3.05, 3.63) is 23.2 Å². The monoisotopic (exact) mass is 208 g/mol. The molecule has 1 unspecified atom stereocenters. The molecule has 14 heavy (non-hydrogen) atoms. The minimum absolute atomic E-state index is 0.681. The first-order valence-corrected chi connectivity index (χ1v) is 5.53. The Bertz CT molecular complexity index is 364. The fourth-order valence-corrected chi connectivity index (χ4v) is 2.75. The number of fused-ring (bicyclic) bond motifs is 3. The van der Waals surface area contributed by atoms with Gasteiger partial charge in [0.05, 0.1) is 16.4 Å². The molecule has 3 heteroatoms. The Kier molecular flexibility index (Phi) is 1.84. The molecule has 74 valence electrons. The molecule has 1 saturated heterocycles. The van der Waals surface area contributed by atoms with Crippen LogP contribution >= 0.6 is 11.6 Å². The topological polar surface area (TPSA) is 15.3 Å². The second-order valence-corrected chi connectivity index (χ2v) is 4.41. The van der Waals surface area contributed by atoms with Gasteiger partial charge in [0.2, 0.25) is 0 Å². The van der Waals surface area contributed by atoms with Gasteiger partial charge in [0.15, 0.2) is 0 Å².